The zero-order valence-electron chi connectivity index (χ0n) is 30.8. The normalized spacial score (nSPS) is 13.5. The number of hydrogen-bond acceptors (Lipinski definition) is 7. The first-order valence-corrected chi connectivity index (χ1v) is 16.9. The van der Waals surface area contributed by atoms with E-state index in [0.717, 1.165) is 18.2 Å². The van der Waals surface area contributed by atoms with Crippen molar-refractivity contribution >= 4 is 29.6 Å². The van der Waals surface area contributed by atoms with Gasteiger partial charge in [-0.1, -0.05) is 56.3 Å². The maximum atomic E-state index is 14.0. The molecule has 0 radical (unpaired) electrons. The number of nitrogens with one attached hydrogen (secondary N) is 4. The SMILES string of the molecule is COc1ccc([C@H](NC(=O)[C@H](Cc2ccc(CNC(=O)OC(C)(C)C)cc2)NC(=O)c2cccc(C(F)(F)F)c2)C(=O)N[C@H](C(=O)C(F)(F)F)C(C)C)cc1. The number of alkyl carbamates (subject to hydrolysis) is 1. The van der Waals surface area contributed by atoms with E-state index in [1.807, 2.05) is 0 Å². The zero-order chi connectivity index (χ0) is 41.3. The minimum atomic E-state index is -5.29. The van der Waals surface area contributed by atoms with E-state index in [0.29, 0.717) is 22.9 Å². The highest BCUT2D eigenvalue weighted by Gasteiger charge is 2.45. The molecule has 4 amide bonds. The molecule has 0 aliphatic carbocycles. The van der Waals surface area contributed by atoms with Crippen LogP contribution in [0.1, 0.15) is 73.3 Å². The van der Waals surface area contributed by atoms with E-state index in [1.165, 1.54) is 45.2 Å². The van der Waals surface area contributed by atoms with Crippen LogP contribution in [-0.2, 0) is 38.3 Å². The van der Waals surface area contributed by atoms with Crippen LogP contribution in [0.15, 0.2) is 72.8 Å². The Morgan fingerprint density at radius 3 is 1.87 bits per heavy atom. The second-order valence-corrected chi connectivity index (χ2v) is 13.8. The summed E-state index contributed by atoms with van der Waals surface area (Å²) in [5.74, 6) is -6.23. The summed E-state index contributed by atoms with van der Waals surface area (Å²) < 4.78 is 91.0. The molecule has 17 heteroatoms. The van der Waals surface area contributed by atoms with Crippen molar-refractivity contribution in [2.45, 2.75) is 83.7 Å². The maximum Gasteiger partial charge on any atom is 0.452 e. The second-order valence-electron chi connectivity index (χ2n) is 13.8. The van der Waals surface area contributed by atoms with Crippen LogP contribution in [-0.4, -0.2) is 60.6 Å². The van der Waals surface area contributed by atoms with Gasteiger partial charge in [-0.05, 0) is 73.7 Å². The molecule has 0 aromatic heterocycles. The molecule has 0 saturated heterocycles. The first-order valence-electron chi connectivity index (χ1n) is 16.9. The van der Waals surface area contributed by atoms with E-state index < -0.39 is 82.7 Å². The van der Waals surface area contributed by atoms with Gasteiger partial charge in [-0.15, -0.1) is 0 Å². The van der Waals surface area contributed by atoms with Crippen molar-refractivity contribution in [2.75, 3.05) is 7.11 Å². The molecule has 3 atom stereocenters. The number of amides is 4. The third kappa shape index (κ3) is 13.3. The lowest BCUT2D eigenvalue weighted by Gasteiger charge is -2.27. The van der Waals surface area contributed by atoms with E-state index in [4.69, 9.17) is 9.47 Å². The Bertz CT molecular complexity index is 1820. The monoisotopic (exact) mass is 780 g/mol. The molecule has 3 aromatic carbocycles. The van der Waals surface area contributed by atoms with Crippen LogP contribution < -0.4 is 26.0 Å². The number of ether oxygens (including phenoxy) is 2. The van der Waals surface area contributed by atoms with Gasteiger partial charge >= 0.3 is 18.4 Å². The molecule has 0 spiro atoms. The maximum absolute atomic E-state index is 14.0. The van der Waals surface area contributed by atoms with Crippen molar-refractivity contribution in [3.63, 3.8) is 0 Å². The molecule has 0 saturated carbocycles. The largest absolute Gasteiger partial charge is 0.497 e. The topological polar surface area (TPSA) is 152 Å². The average Bonchev–Trinajstić information content (AvgIpc) is 3.10. The summed E-state index contributed by atoms with van der Waals surface area (Å²) in [6.07, 6.45) is -11.0. The van der Waals surface area contributed by atoms with Gasteiger partial charge in [0.15, 0.2) is 0 Å². The Labute approximate surface area is 313 Å². The Morgan fingerprint density at radius 2 is 1.35 bits per heavy atom. The Kier molecular flexibility index (Phi) is 14.4. The summed E-state index contributed by atoms with van der Waals surface area (Å²) in [6, 6.07) is 9.99. The van der Waals surface area contributed by atoms with Crippen molar-refractivity contribution in [1.82, 2.24) is 21.3 Å². The molecule has 298 valence electrons. The van der Waals surface area contributed by atoms with Gasteiger partial charge in [-0.25, -0.2) is 4.79 Å². The average molecular weight is 781 g/mol. The summed E-state index contributed by atoms with van der Waals surface area (Å²) in [4.78, 5) is 65.3. The predicted molar refractivity (Wildman–Crippen MR) is 188 cm³/mol. The molecule has 0 bridgehead atoms. The molecule has 0 aliphatic heterocycles. The van der Waals surface area contributed by atoms with Crippen LogP contribution in [0.5, 0.6) is 5.75 Å². The third-order valence-electron chi connectivity index (χ3n) is 7.90. The predicted octanol–water partition coefficient (Wildman–Crippen LogP) is 6.21. The number of ketones is 1. The fraction of sp³-hybridized carbons (Fsp3) is 0.395. The smallest absolute Gasteiger partial charge is 0.452 e. The van der Waals surface area contributed by atoms with Gasteiger partial charge in [0, 0.05) is 18.5 Å². The summed E-state index contributed by atoms with van der Waals surface area (Å²) >= 11 is 0. The van der Waals surface area contributed by atoms with Crippen LogP contribution in [0.3, 0.4) is 0 Å². The lowest BCUT2D eigenvalue weighted by Crippen LogP contribution is -2.55. The molecular formula is C38H42F6N4O7. The van der Waals surface area contributed by atoms with Crippen LogP contribution in [0.4, 0.5) is 31.1 Å². The number of hydrogen-bond donors (Lipinski definition) is 4. The van der Waals surface area contributed by atoms with Gasteiger partial charge < -0.3 is 30.7 Å². The molecule has 3 aromatic rings. The summed E-state index contributed by atoms with van der Waals surface area (Å²) in [5, 5.41) is 9.50. The van der Waals surface area contributed by atoms with E-state index >= 15 is 0 Å². The fourth-order valence-corrected chi connectivity index (χ4v) is 5.09. The Morgan fingerprint density at radius 1 is 0.745 bits per heavy atom. The first-order chi connectivity index (χ1) is 25.5. The van der Waals surface area contributed by atoms with Crippen molar-refractivity contribution in [3.8, 4) is 5.75 Å². The van der Waals surface area contributed by atoms with Crippen LogP contribution in [0.25, 0.3) is 0 Å². The number of alkyl halides is 6. The second kappa shape index (κ2) is 18.1. The number of carbonyl (C=O) groups excluding carboxylic acids is 5. The minimum Gasteiger partial charge on any atom is -0.497 e. The fourth-order valence-electron chi connectivity index (χ4n) is 5.09. The quantitative estimate of drug-likeness (QED) is 0.142. The molecule has 3 rings (SSSR count). The molecular weight excluding hydrogens is 738 g/mol. The molecule has 0 heterocycles. The van der Waals surface area contributed by atoms with Gasteiger partial charge in [-0.3, -0.25) is 19.2 Å². The van der Waals surface area contributed by atoms with Crippen LogP contribution in [0, 0.1) is 5.92 Å². The number of rotatable bonds is 14. The summed E-state index contributed by atoms with van der Waals surface area (Å²) in [5.41, 5.74) is -1.20. The molecule has 4 N–H and O–H groups in total. The van der Waals surface area contributed by atoms with Crippen molar-refractivity contribution < 1.29 is 59.8 Å². The van der Waals surface area contributed by atoms with Crippen molar-refractivity contribution in [2.24, 2.45) is 5.92 Å². The third-order valence-corrected chi connectivity index (χ3v) is 7.90. The molecule has 0 unspecified atom stereocenters. The number of carbonyl (C=O) groups is 5. The Hall–Kier alpha value is -5.61. The van der Waals surface area contributed by atoms with Crippen molar-refractivity contribution in [1.29, 1.82) is 0 Å². The van der Waals surface area contributed by atoms with E-state index in [1.54, 1.807) is 45.0 Å². The van der Waals surface area contributed by atoms with E-state index in [2.05, 4.69) is 21.3 Å². The lowest BCUT2D eigenvalue weighted by molar-refractivity contribution is -0.175. The van der Waals surface area contributed by atoms with Gasteiger partial charge in [-0.2, -0.15) is 26.3 Å². The van der Waals surface area contributed by atoms with Crippen molar-refractivity contribution in [3.05, 3.63) is 101 Å². The zero-order valence-corrected chi connectivity index (χ0v) is 30.8. The standard InChI is InChI=1S/C38H42F6N4O7/c1-21(2)29(31(49)38(42,43)44)47-34(52)30(24-14-16-27(54-6)17-15-24)48-33(51)28(46-32(50)25-8-7-9-26(19-25)37(39,40)41)18-22-10-12-23(13-11-22)20-45-35(53)55-36(3,4)5/h7-17,19,21,28-30H,18,20H2,1-6H3,(H,45,53)(H,46,50)(H,47,52)(H,48,51)/t28-,29-,30-/m0/s1. The number of methoxy groups -OCH3 is 1. The molecule has 0 fully saturated rings. The van der Waals surface area contributed by atoms with E-state index in [-0.39, 0.29) is 18.5 Å². The number of halogens is 6. The highest BCUT2D eigenvalue weighted by molar-refractivity contribution is 5.99. The molecule has 0 aliphatic rings. The summed E-state index contributed by atoms with van der Waals surface area (Å²) in [7, 11) is 1.36. The number of Topliss-reactive ketones (excluding diaryl/α,β-unsaturated/α-hetero) is 1. The number of benzene rings is 3. The minimum absolute atomic E-state index is 0.0541. The van der Waals surface area contributed by atoms with Gasteiger partial charge in [0.2, 0.25) is 11.8 Å². The van der Waals surface area contributed by atoms with E-state index in [9.17, 15) is 50.3 Å². The lowest BCUT2D eigenvalue weighted by atomic mass is 9.97. The van der Waals surface area contributed by atoms with Gasteiger partial charge in [0.1, 0.15) is 23.4 Å². The molecule has 11 nitrogen and oxygen atoms in total. The van der Waals surface area contributed by atoms with Crippen LogP contribution >= 0.6 is 0 Å². The van der Waals surface area contributed by atoms with Crippen LogP contribution in [0.2, 0.25) is 0 Å². The Balaban J connectivity index is 1.97. The van der Waals surface area contributed by atoms with Gasteiger partial charge in [0.05, 0.1) is 18.7 Å². The summed E-state index contributed by atoms with van der Waals surface area (Å²) in [6.45, 7) is 7.73. The van der Waals surface area contributed by atoms with Gasteiger partial charge in [0.25, 0.3) is 11.7 Å². The highest BCUT2D eigenvalue weighted by Crippen LogP contribution is 2.30. The molecule has 55 heavy (non-hydrogen) atoms. The highest BCUT2D eigenvalue weighted by atomic mass is 19.4. The first kappa shape index (κ1) is 43.8.